The van der Waals surface area contributed by atoms with E-state index in [1.165, 1.54) is 0 Å². The van der Waals surface area contributed by atoms with Crippen LogP contribution in [0.5, 0.6) is 0 Å². The zero-order valence-corrected chi connectivity index (χ0v) is 12.7. The van der Waals surface area contributed by atoms with E-state index in [9.17, 15) is 9.59 Å². The fourth-order valence-electron chi connectivity index (χ4n) is 2.76. The molecular formula is C14H22N4O3. The number of rotatable bonds is 6. The van der Waals surface area contributed by atoms with Gasteiger partial charge in [0, 0.05) is 25.3 Å². The first-order valence-corrected chi connectivity index (χ1v) is 7.17. The summed E-state index contributed by atoms with van der Waals surface area (Å²) in [4.78, 5) is 24.8. The molecule has 116 valence electrons. The van der Waals surface area contributed by atoms with Gasteiger partial charge >= 0.3 is 5.97 Å². The predicted molar refractivity (Wildman–Crippen MR) is 77.1 cm³/mol. The number of carboxylic acids is 1. The molecule has 2 rings (SSSR count). The number of aromatic nitrogens is 2. The van der Waals surface area contributed by atoms with Crippen LogP contribution in [0.1, 0.15) is 35.8 Å². The van der Waals surface area contributed by atoms with Gasteiger partial charge in [-0.1, -0.05) is 6.92 Å². The van der Waals surface area contributed by atoms with Crippen LogP contribution in [0.15, 0.2) is 6.20 Å². The van der Waals surface area contributed by atoms with Crippen molar-refractivity contribution in [2.75, 3.05) is 13.1 Å². The van der Waals surface area contributed by atoms with E-state index in [0.29, 0.717) is 17.8 Å². The molecule has 1 heterocycles. The van der Waals surface area contributed by atoms with Crippen LogP contribution in [0, 0.1) is 6.92 Å². The van der Waals surface area contributed by atoms with Crippen molar-refractivity contribution in [1.82, 2.24) is 20.0 Å². The van der Waals surface area contributed by atoms with Gasteiger partial charge in [-0.2, -0.15) is 5.10 Å². The molecule has 0 saturated heterocycles. The lowest BCUT2D eigenvalue weighted by Crippen LogP contribution is -2.54. The minimum Gasteiger partial charge on any atom is -0.480 e. The summed E-state index contributed by atoms with van der Waals surface area (Å²) in [5.74, 6) is -0.916. The molecule has 2 N–H and O–H groups in total. The van der Waals surface area contributed by atoms with E-state index in [-0.39, 0.29) is 24.5 Å². The number of nitrogens with one attached hydrogen (secondary N) is 1. The molecule has 7 heteroatoms. The molecule has 0 radical (unpaired) electrons. The Hall–Kier alpha value is -1.89. The number of carbonyl (C=O) groups excluding carboxylic acids is 1. The number of aryl methyl sites for hydroxylation is 2. The molecule has 0 spiro atoms. The molecule has 1 saturated carbocycles. The van der Waals surface area contributed by atoms with E-state index in [0.717, 1.165) is 12.8 Å². The predicted octanol–water partition coefficient (Wildman–Crippen LogP) is 0.396. The Morgan fingerprint density at radius 3 is 2.67 bits per heavy atom. The maximum Gasteiger partial charge on any atom is 0.317 e. The van der Waals surface area contributed by atoms with Crippen molar-refractivity contribution in [1.29, 1.82) is 0 Å². The zero-order valence-electron chi connectivity index (χ0n) is 12.7. The fraction of sp³-hybridized carbons (Fsp3) is 0.643. The van der Waals surface area contributed by atoms with Crippen molar-refractivity contribution in [2.45, 2.75) is 38.8 Å². The van der Waals surface area contributed by atoms with Gasteiger partial charge in [0.2, 0.25) is 0 Å². The van der Waals surface area contributed by atoms with Crippen LogP contribution in [0.25, 0.3) is 0 Å². The van der Waals surface area contributed by atoms with Crippen LogP contribution in [0.2, 0.25) is 0 Å². The lowest BCUT2D eigenvalue weighted by atomic mass is 9.85. The number of likely N-dealkylation sites (N-methyl/N-ethyl adjacent to an activating group) is 1. The number of aliphatic carboxylic acids is 1. The summed E-state index contributed by atoms with van der Waals surface area (Å²) < 4.78 is 1.62. The second-order valence-electron chi connectivity index (χ2n) is 5.55. The van der Waals surface area contributed by atoms with Crippen molar-refractivity contribution in [3.63, 3.8) is 0 Å². The van der Waals surface area contributed by atoms with Gasteiger partial charge in [-0.05, 0) is 26.3 Å². The highest BCUT2D eigenvalue weighted by atomic mass is 16.4. The largest absolute Gasteiger partial charge is 0.480 e. The van der Waals surface area contributed by atoms with Crippen LogP contribution in [-0.4, -0.2) is 56.8 Å². The third kappa shape index (κ3) is 3.60. The van der Waals surface area contributed by atoms with E-state index in [4.69, 9.17) is 5.11 Å². The van der Waals surface area contributed by atoms with Crippen LogP contribution in [0.3, 0.4) is 0 Å². The summed E-state index contributed by atoms with van der Waals surface area (Å²) in [7, 11) is 1.79. The summed E-state index contributed by atoms with van der Waals surface area (Å²) >= 11 is 0. The molecule has 1 aromatic heterocycles. The van der Waals surface area contributed by atoms with E-state index in [2.05, 4.69) is 10.4 Å². The molecule has 0 atom stereocenters. The molecule has 1 fully saturated rings. The number of nitrogens with zero attached hydrogens (tertiary/aromatic N) is 3. The van der Waals surface area contributed by atoms with Gasteiger partial charge in [0.1, 0.15) is 0 Å². The Labute approximate surface area is 123 Å². The van der Waals surface area contributed by atoms with Gasteiger partial charge in [-0.3, -0.25) is 19.2 Å². The van der Waals surface area contributed by atoms with Gasteiger partial charge in [0.15, 0.2) is 0 Å². The Balaban J connectivity index is 1.83. The molecule has 0 aromatic carbocycles. The summed E-state index contributed by atoms with van der Waals surface area (Å²) in [6, 6.07) is 0.358. The Bertz CT molecular complexity index is 534. The first kappa shape index (κ1) is 15.5. The fourth-order valence-corrected chi connectivity index (χ4v) is 2.76. The first-order valence-electron chi connectivity index (χ1n) is 7.17. The Morgan fingerprint density at radius 1 is 1.52 bits per heavy atom. The maximum atomic E-state index is 12.1. The van der Waals surface area contributed by atoms with E-state index in [1.807, 2.05) is 18.7 Å². The maximum absolute atomic E-state index is 12.1. The molecule has 0 bridgehead atoms. The van der Waals surface area contributed by atoms with E-state index >= 15 is 0 Å². The molecule has 1 aromatic rings. The van der Waals surface area contributed by atoms with Crippen LogP contribution in [-0.2, 0) is 11.8 Å². The topological polar surface area (TPSA) is 87.5 Å². The first-order chi connectivity index (χ1) is 9.90. The molecule has 1 aliphatic rings. The monoisotopic (exact) mass is 294 g/mol. The SMILES string of the molecule is CCN(CC(=O)O)C1CC(NC(=O)c2cn(C)nc2C)C1. The number of hydrogen-bond acceptors (Lipinski definition) is 4. The standard InChI is InChI=1S/C14H22N4O3/c1-4-18(8-13(19)20)11-5-10(6-11)15-14(21)12-7-17(3)16-9(12)2/h7,10-11H,4-6,8H2,1-3H3,(H,15,21)(H,19,20). The van der Waals surface area contributed by atoms with Crippen molar-refractivity contribution in [3.05, 3.63) is 17.5 Å². The summed E-state index contributed by atoms with van der Waals surface area (Å²) in [6.07, 6.45) is 3.31. The Kier molecular flexibility index (Phi) is 4.62. The third-order valence-corrected chi connectivity index (χ3v) is 3.97. The van der Waals surface area contributed by atoms with Gasteiger partial charge in [0.25, 0.3) is 5.91 Å². The molecule has 21 heavy (non-hydrogen) atoms. The summed E-state index contributed by atoms with van der Waals surface area (Å²) in [5, 5.41) is 16.0. The summed E-state index contributed by atoms with van der Waals surface area (Å²) in [5.41, 5.74) is 1.31. The van der Waals surface area contributed by atoms with E-state index < -0.39 is 5.97 Å². The van der Waals surface area contributed by atoms with Gasteiger partial charge in [-0.25, -0.2) is 0 Å². The normalized spacial score (nSPS) is 21.1. The molecule has 7 nitrogen and oxygen atoms in total. The van der Waals surface area contributed by atoms with Gasteiger partial charge in [0.05, 0.1) is 17.8 Å². The lowest BCUT2D eigenvalue weighted by molar-refractivity contribution is -0.139. The van der Waals surface area contributed by atoms with E-state index in [1.54, 1.807) is 17.9 Å². The van der Waals surface area contributed by atoms with Gasteiger partial charge in [-0.15, -0.1) is 0 Å². The second kappa shape index (κ2) is 6.26. The van der Waals surface area contributed by atoms with Crippen molar-refractivity contribution < 1.29 is 14.7 Å². The Morgan fingerprint density at radius 2 is 2.19 bits per heavy atom. The van der Waals surface area contributed by atoms with Crippen LogP contribution < -0.4 is 5.32 Å². The minimum atomic E-state index is -0.810. The number of amides is 1. The minimum absolute atomic E-state index is 0.0591. The number of hydrogen-bond donors (Lipinski definition) is 2. The molecule has 1 aliphatic carbocycles. The zero-order chi connectivity index (χ0) is 15.6. The van der Waals surface area contributed by atoms with Crippen LogP contribution in [0.4, 0.5) is 0 Å². The van der Waals surface area contributed by atoms with Crippen molar-refractivity contribution >= 4 is 11.9 Å². The molecule has 0 aliphatic heterocycles. The molecule has 1 amide bonds. The smallest absolute Gasteiger partial charge is 0.317 e. The average molecular weight is 294 g/mol. The molecule has 0 unspecified atom stereocenters. The average Bonchev–Trinajstić information content (AvgIpc) is 2.69. The highest BCUT2D eigenvalue weighted by Crippen LogP contribution is 2.26. The highest BCUT2D eigenvalue weighted by Gasteiger charge is 2.35. The third-order valence-electron chi connectivity index (χ3n) is 3.97. The van der Waals surface area contributed by atoms with Crippen molar-refractivity contribution in [3.8, 4) is 0 Å². The molecular weight excluding hydrogens is 272 g/mol. The van der Waals surface area contributed by atoms with Crippen molar-refractivity contribution in [2.24, 2.45) is 7.05 Å². The quantitative estimate of drug-likeness (QED) is 0.793. The summed E-state index contributed by atoms with van der Waals surface area (Å²) in [6.45, 7) is 4.53. The van der Waals surface area contributed by atoms with Gasteiger partial charge < -0.3 is 10.4 Å². The number of carboxylic acid groups (broad SMARTS) is 1. The van der Waals surface area contributed by atoms with Crippen LogP contribution >= 0.6 is 0 Å². The second-order valence-corrected chi connectivity index (χ2v) is 5.55. The number of carbonyl (C=O) groups is 2. The lowest BCUT2D eigenvalue weighted by Gasteiger charge is -2.42. The highest BCUT2D eigenvalue weighted by molar-refractivity contribution is 5.95.